The summed E-state index contributed by atoms with van der Waals surface area (Å²) in [5, 5.41) is 4.15. The van der Waals surface area contributed by atoms with Crippen LogP contribution in [0.3, 0.4) is 0 Å². The van der Waals surface area contributed by atoms with E-state index in [-0.39, 0.29) is 5.60 Å². The molecule has 0 unspecified atom stereocenters. The quantitative estimate of drug-likeness (QED) is 0.740. The van der Waals surface area contributed by atoms with Crippen molar-refractivity contribution in [2.24, 2.45) is 0 Å². The third-order valence-corrected chi connectivity index (χ3v) is 5.48. The Morgan fingerprint density at radius 1 is 1.23 bits per heavy atom. The van der Waals surface area contributed by atoms with Gasteiger partial charge in [-0.15, -0.1) is 0 Å². The van der Waals surface area contributed by atoms with Crippen molar-refractivity contribution < 1.29 is 4.74 Å². The van der Waals surface area contributed by atoms with Crippen molar-refractivity contribution in [1.29, 1.82) is 0 Å². The topological polar surface area (TPSA) is 94.5 Å². The molecular formula is C18H21N7O. The number of hydrogen-bond acceptors (Lipinski definition) is 7. The fourth-order valence-electron chi connectivity index (χ4n) is 4.09. The smallest absolute Gasteiger partial charge is 0.220 e. The maximum absolute atomic E-state index is 6.24. The second kappa shape index (κ2) is 6.00. The van der Waals surface area contributed by atoms with Crippen LogP contribution < -0.4 is 5.73 Å². The predicted molar refractivity (Wildman–Crippen MR) is 95.3 cm³/mol. The molecule has 2 N–H and O–H groups in total. The van der Waals surface area contributed by atoms with E-state index in [0.29, 0.717) is 5.95 Å². The first-order valence-corrected chi connectivity index (χ1v) is 8.98. The summed E-state index contributed by atoms with van der Waals surface area (Å²) in [4.78, 5) is 15.4. The maximum atomic E-state index is 6.24. The van der Waals surface area contributed by atoms with Crippen LogP contribution in [0.4, 0.5) is 5.95 Å². The number of aromatic nitrogens is 5. The molecule has 0 saturated carbocycles. The lowest BCUT2D eigenvalue weighted by molar-refractivity contribution is -0.102. The lowest BCUT2D eigenvalue weighted by Crippen LogP contribution is -2.47. The van der Waals surface area contributed by atoms with E-state index in [4.69, 9.17) is 10.5 Å². The van der Waals surface area contributed by atoms with Crippen molar-refractivity contribution >= 4 is 11.6 Å². The number of fused-ring (bicyclic) bond motifs is 3. The van der Waals surface area contributed by atoms with Gasteiger partial charge in [0.25, 0.3) is 0 Å². The Bertz CT molecular complexity index is 946. The fourth-order valence-corrected chi connectivity index (χ4v) is 4.09. The Kier molecular flexibility index (Phi) is 3.61. The number of pyridine rings is 1. The number of rotatable bonds is 2. The monoisotopic (exact) mass is 351 g/mol. The van der Waals surface area contributed by atoms with Crippen molar-refractivity contribution in [3.8, 4) is 0 Å². The molecule has 0 bridgehead atoms. The molecule has 1 saturated heterocycles. The van der Waals surface area contributed by atoms with Gasteiger partial charge in [0.2, 0.25) is 5.95 Å². The highest BCUT2D eigenvalue weighted by atomic mass is 16.5. The highest BCUT2D eigenvalue weighted by Gasteiger charge is 2.42. The first-order valence-electron chi connectivity index (χ1n) is 8.98. The highest BCUT2D eigenvalue weighted by molar-refractivity contribution is 5.39. The standard InChI is InChI=1S/C18H21N7O/c19-17-20-10-14-2-8-26-18(16(14)23-17)3-6-24(7-4-18)11-13-1-5-25-15(9-13)21-12-22-25/h1,5,9-10,12H,2-4,6-8,11H2,(H2,19,20,23). The Morgan fingerprint density at radius 2 is 2.12 bits per heavy atom. The molecule has 2 aliphatic rings. The first-order chi connectivity index (χ1) is 12.7. The van der Waals surface area contributed by atoms with Crippen LogP contribution in [-0.2, 0) is 23.3 Å². The van der Waals surface area contributed by atoms with Gasteiger partial charge in [-0.2, -0.15) is 5.10 Å². The van der Waals surface area contributed by atoms with Gasteiger partial charge < -0.3 is 10.5 Å². The molecular weight excluding hydrogens is 330 g/mol. The van der Waals surface area contributed by atoms with E-state index in [1.54, 1.807) is 10.8 Å². The van der Waals surface area contributed by atoms with Crippen LogP contribution in [0.5, 0.6) is 0 Å². The van der Waals surface area contributed by atoms with Gasteiger partial charge in [-0.05, 0) is 42.5 Å². The number of nitrogens with zero attached hydrogens (tertiary/aromatic N) is 6. The number of piperidine rings is 1. The minimum absolute atomic E-state index is 0.307. The van der Waals surface area contributed by atoms with Gasteiger partial charge in [0.1, 0.15) is 11.9 Å². The SMILES string of the molecule is Nc1ncc2c(n1)C1(CCN(Cc3ccn4ncnc4c3)CC1)OCC2. The normalized spacial score (nSPS) is 19.7. The zero-order valence-corrected chi connectivity index (χ0v) is 14.5. The molecule has 1 fully saturated rings. The zero-order valence-electron chi connectivity index (χ0n) is 14.5. The molecule has 134 valence electrons. The number of anilines is 1. The van der Waals surface area contributed by atoms with Crippen LogP contribution in [0, 0.1) is 0 Å². The first kappa shape index (κ1) is 15.7. The fraction of sp³-hybridized carbons (Fsp3) is 0.444. The Hall–Kier alpha value is -2.58. The van der Waals surface area contributed by atoms with Crippen molar-refractivity contribution in [3.05, 3.63) is 47.7 Å². The molecule has 3 aromatic heterocycles. The summed E-state index contributed by atoms with van der Waals surface area (Å²) < 4.78 is 8.02. The Balaban J connectivity index is 1.33. The molecule has 3 aromatic rings. The van der Waals surface area contributed by atoms with Crippen molar-refractivity contribution in [1.82, 2.24) is 29.5 Å². The van der Waals surface area contributed by atoms with E-state index in [2.05, 4.69) is 37.1 Å². The third kappa shape index (κ3) is 2.62. The highest BCUT2D eigenvalue weighted by Crippen LogP contribution is 2.40. The largest absolute Gasteiger partial charge is 0.368 e. The molecule has 8 heteroatoms. The van der Waals surface area contributed by atoms with E-state index >= 15 is 0 Å². The number of hydrogen-bond donors (Lipinski definition) is 1. The van der Waals surface area contributed by atoms with Gasteiger partial charge in [0, 0.05) is 32.0 Å². The van der Waals surface area contributed by atoms with E-state index in [9.17, 15) is 0 Å². The zero-order chi connectivity index (χ0) is 17.6. The van der Waals surface area contributed by atoms with Gasteiger partial charge in [-0.25, -0.2) is 19.5 Å². The summed E-state index contributed by atoms with van der Waals surface area (Å²) in [5.74, 6) is 0.331. The summed E-state index contributed by atoms with van der Waals surface area (Å²) in [6.45, 7) is 3.55. The Morgan fingerprint density at radius 3 is 3.00 bits per heavy atom. The maximum Gasteiger partial charge on any atom is 0.220 e. The van der Waals surface area contributed by atoms with Gasteiger partial charge in [0.05, 0.1) is 12.3 Å². The third-order valence-electron chi connectivity index (χ3n) is 5.48. The van der Waals surface area contributed by atoms with Crippen LogP contribution in [0.25, 0.3) is 5.65 Å². The van der Waals surface area contributed by atoms with Crippen molar-refractivity contribution in [2.75, 3.05) is 25.4 Å². The minimum Gasteiger partial charge on any atom is -0.368 e. The molecule has 0 aromatic carbocycles. The van der Waals surface area contributed by atoms with Crippen LogP contribution >= 0.6 is 0 Å². The number of likely N-dealkylation sites (tertiary alicyclic amines) is 1. The van der Waals surface area contributed by atoms with Gasteiger partial charge >= 0.3 is 0 Å². The van der Waals surface area contributed by atoms with E-state index in [0.717, 1.165) is 56.8 Å². The van der Waals surface area contributed by atoms with E-state index < -0.39 is 0 Å². The average Bonchev–Trinajstić information content (AvgIpc) is 3.12. The van der Waals surface area contributed by atoms with Crippen molar-refractivity contribution in [2.45, 2.75) is 31.4 Å². The second-order valence-corrected chi connectivity index (χ2v) is 7.07. The molecule has 5 heterocycles. The molecule has 2 aliphatic heterocycles. The number of nitrogen functional groups attached to an aromatic ring is 1. The second-order valence-electron chi connectivity index (χ2n) is 7.07. The number of nitrogens with two attached hydrogens (primary N) is 1. The van der Waals surface area contributed by atoms with Crippen LogP contribution in [0.2, 0.25) is 0 Å². The molecule has 0 aliphatic carbocycles. The summed E-state index contributed by atoms with van der Waals surface area (Å²) >= 11 is 0. The molecule has 0 radical (unpaired) electrons. The summed E-state index contributed by atoms with van der Waals surface area (Å²) in [5.41, 5.74) is 9.84. The Labute approximate surface area is 151 Å². The molecule has 5 rings (SSSR count). The van der Waals surface area contributed by atoms with Crippen LogP contribution in [0.1, 0.15) is 29.7 Å². The molecule has 1 spiro atoms. The summed E-state index contributed by atoms with van der Waals surface area (Å²) in [6.07, 6.45) is 8.10. The van der Waals surface area contributed by atoms with Crippen LogP contribution in [-0.4, -0.2) is 49.2 Å². The van der Waals surface area contributed by atoms with E-state index in [1.807, 2.05) is 12.4 Å². The van der Waals surface area contributed by atoms with Gasteiger partial charge in [0.15, 0.2) is 5.65 Å². The summed E-state index contributed by atoms with van der Waals surface area (Å²) in [6, 6.07) is 4.20. The lowest BCUT2D eigenvalue weighted by Gasteiger charge is -2.44. The minimum atomic E-state index is -0.307. The molecule has 0 atom stereocenters. The van der Waals surface area contributed by atoms with E-state index in [1.165, 1.54) is 11.1 Å². The van der Waals surface area contributed by atoms with Crippen LogP contribution in [0.15, 0.2) is 30.9 Å². The van der Waals surface area contributed by atoms with Crippen molar-refractivity contribution in [3.63, 3.8) is 0 Å². The predicted octanol–water partition coefficient (Wildman–Crippen LogP) is 1.17. The number of ether oxygens (including phenoxy) is 1. The molecule has 8 nitrogen and oxygen atoms in total. The average molecular weight is 351 g/mol. The van der Waals surface area contributed by atoms with Gasteiger partial charge in [-0.3, -0.25) is 4.90 Å². The van der Waals surface area contributed by atoms with Gasteiger partial charge in [-0.1, -0.05) is 0 Å². The summed E-state index contributed by atoms with van der Waals surface area (Å²) in [7, 11) is 0. The lowest BCUT2D eigenvalue weighted by atomic mass is 9.83. The molecule has 26 heavy (non-hydrogen) atoms. The molecule has 0 amide bonds.